The van der Waals surface area contributed by atoms with Crippen molar-refractivity contribution in [3.63, 3.8) is 0 Å². The summed E-state index contributed by atoms with van der Waals surface area (Å²) in [5.74, 6) is 0.533. The van der Waals surface area contributed by atoms with Crippen LogP contribution in [-0.2, 0) is 13.0 Å². The lowest BCUT2D eigenvalue weighted by molar-refractivity contribution is 0.665. The average molecular weight is 243 g/mol. The Kier molecular flexibility index (Phi) is 2.76. The number of hydrogen-bond donors (Lipinski definition) is 2. The van der Waals surface area contributed by atoms with Gasteiger partial charge in [-0.2, -0.15) is 0 Å². The van der Waals surface area contributed by atoms with E-state index in [0.29, 0.717) is 12.4 Å². The summed E-state index contributed by atoms with van der Waals surface area (Å²) in [6, 6.07) is 0. The highest BCUT2D eigenvalue weighted by Gasteiger charge is 2.16. The second-order valence-electron chi connectivity index (χ2n) is 4.58. The van der Waals surface area contributed by atoms with Gasteiger partial charge in [0.2, 0.25) is 0 Å². The van der Waals surface area contributed by atoms with Crippen LogP contribution in [0.1, 0.15) is 24.1 Å². The summed E-state index contributed by atoms with van der Waals surface area (Å²) >= 11 is 0. The summed E-state index contributed by atoms with van der Waals surface area (Å²) in [5, 5.41) is 0. The molecule has 18 heavy (non-hydrogen) atoms. The first-order valence-electron chi connectivity index (χ1n) is 6.31. The number of nitrogen functional groups attached to an aromatic ring is 1. The molecule has 94 valence electrons. The number of nitrogens with zero attached hydrogens (tertiary/aromatic N) is 3. The molecule has 0 aromatic carbocycles. The van der Waals surface area contributed by atoms with E-state index in [-0.39, 0.29) is 0 Å². The van der Waals surface area contributed by atoms with Crippen LogP contribution in [0.2, 0.25) is 0 Å². The molecular weight excluding hydrogens is 226 g/mol. The molecule has 2 aromatic rings. The van der Waals surface area contributed by atoms with Gasteiger partial charge in [-0.05, 0) is 25.8 Å². The van der Waals surface area contributed by atoms with E-state index in [0.717, 1.165) is 42.5 Å². The third-order valence-corrected chi connectivity index (χ3v) is 3.34. The number of fused-ring (bicyclic) bond motifs is 3. The molecule has 0 amide bonds. The zero-order valence-corrected chi connectivity index (χ0v) is 10.3. The Labute approximate surface area is 106 Å². The highest BCUT2D eigenvalue weighted by Crippen LogP contribution is 2.29. The van der Waals surface area contributed by atoms with Crippen molar-refractivity contribution in [3.05, 3.63) is 23.7 Å². The summed E-state index contributed by atoms with van der Waals surface area (Å²) in [7, 11) is 0. The van der Waals surface area contributed by atoms with Crippen molar-refractivity contribution < 1.29 is 0 Å². The van der Waals surface area contributed by atoms with Crippen molar-refractivity contribution in [2.24, 2.45) is 5.73 Å². The Morgan fingerprint density at radius 3 is 3.11 bits per heavy atom. The van der Waals surface area contributed by atoms with Crippen LogP contribution < -0.4 is 11.5 Å². The maximum atomic E-state index is 5.99. The molecule has 2 aromatic heterocycles. The monoisotopic (exact) mass is 243 g/mol. The van der Waals surface area contributed by atoms with Crippen molar-refractivity contribution in [3.8, 4) is 0 Å². The second kappa shape index (κ2) is 4.42. The summed E-state index contributed by atoms with van der Waals surface area (Å²) in [6.07, 6.45) is 9.07. The maximum absolute atomic E-state index is 5.99. The summed E-state index contributed by atoms with van der Waals surface area (Å²) in [6.45, 7) is 1.55. The van der Waals surface area contributed by atoms with Crippen LogP contribution in [0, 0.1) is 0 Å². The van der Waals surface area contributed by atoms with Gasteiger partial charge in [-0.3, -0.25) is 0 Å². The van der Waals surface area contributed by atoms with E-state index in [4.69, 9.17) is 11.5 Å². The highest BCUT2D eigenvalue weighted by molar-refractivity contribution is 5.93. The van der Waals surface area contributed by atoms with Gasteiger partial charge in [0.15, 0.2) is 5.82 Å². The summed E-state index contributed by atoms with van der Waals surface area (Å²) in [4.78, 5) is 8.84. The number of imidazole rings is 1. The van der Waals surface area contributed by atoms with Crippen LogP contribution >= 0.6 is 0 Å². The number of rotatable bonds is 3. The largest absolute Gasteiger partial charge is 0.382 e. The lowest BCUT2D eigenvalue weighted by Gasteiger charge is -2.13. The van der Waals surface area contributed by atoms with Crippen molar-refractivity contribution in [2.45, 2.75) is 25.8 Å². The molecule has 0 atom stereocenters. The number of pyridine rings is 1. The number of aromatic nitrogens is 3. The minimum Gasteiger partial charge on any atom is -0.382 e. The number of hydrogen-bond acceptors (Lipinski definition) is 4. The fourth-order valence-electron chi connectivity index (χ4n) is 2.47. The van der Waals surface area contributed by atoms with E-state index >= 15 is 0 Å². The normalized spacial score (nSPS) is 14.1. The van der Waals surface area contributed by atoms with Crippen molar-refractivity contribution in [1.82, 2.24) is 14.5 Å². The predicted octanol–water partition coefficient (Wildman–Crippen LogP) is 1.32. The zero-order valence-electron chi connectivity index (χ0n) is 10.3. The first-order chi connectivity index (χ1) is 8.81. The van der Waals surface area contributed by atoms with Gasteiger partial charge < -0.3 is 16.0 Å². The van der Waals surface area contributed by atoms with Crippen molar-refractivity contribution in [2.75, 3.05) is 12.3 Å². The first-order valence-corrected chi connectivity index (χ1v) is 6.31. The van der Waals surface area contributed by atoms with E-state index in [1.54, 1.807) is 0 Å². The van der Waals surface area contributed by atoms with Crippen LogP contribution in [0.5, 0.6) is 0 Å². The number of nitrogens with two attached hydrogens (primary N) is 2. The molecule has 0 bridgehead atoms. The Morgan fingerprint density at radius 2 is 2.28 bits per heavy atom. The quantitative estimate of drug-likeness (QED) is 0.851. The molecule has 0 saturated carbocycles. The maximum Gasteiger partial charge on any atom is 0.151 e. The number of aryl methyl sites for hydroxylation is 2. The van der Waals surface area contributed by atoms with Gasteiger partial charge >= 0.3 is 0 Å². The molecular formula is C13H17N5. The SMILES string of the molecule is NCCCn1cnc2c(N)nc3c(c21)C=CCC3. The average Bonchev–Trinajstić information content (AvgIpc) is 2.81. The topological polar surface area (TPSA) is 82.8 Å². The van der Waals surface area contributed by atoms with Gasteiger partial charge in [-0.25, -0.2) is 9.97 Å². The molecule has 0 saturated heterocycles. The van der Waals surface area contributed by atoms with Gasteiger partial charge in [0.1, 0.15) is 5.52 Å². The van der Waals surface area contributed by atoms with E-state index in [9.17, 15) is 0 Å². The fourth-order valence-corrected chi connectivity index (χ4v) is 2.47. The smallest absolute Gasteiger partial charge is 0.151 e. The molecule has 3 rings (SSSR count). The molecule has 5 nitrogen and oxygen atoms in total. The van der Waals surface area contributed by atoms with E-state index in [1.165, 1.54) is 5.56 Å². The Hall–Kier alpha value is -1.88. The van der Waals surface area contributed by atoms with E-state index < -0.39 is 0 Å². The van der Waals surface area contributed by atoms with Gasteiger partial charge in [0.05, 0.1) is 17.5 Å². The van der Waals surface area contributed by atoms with E-state index in [2.05, 4.69) is 26.7 Å². The van der Waals surface area contributed by atoms with Crippen LogP contribution in [0.4, 0.5) is 5.82 Å². The van der Waals surface area contributed by atoms with Crippen molar-refractivity contribution >= 4 is 22.9 Å². The molecule has 0 aliphatic heterocycles. The van der Waals surface area contributed by atoms with Crippen LogP contribution in [0.25, 0.3) is 17.1 Å². The highest BCUT2D eigenvalue weighted by atomic mass is 15.1. The standard InChI is InChI=1S/C13H17N5/c14-6-3-7-18-8-16-11-12(18)9-4-1-2-5-10(9)17-13(11)15/h1,4,8H,2-3,5-7,14H2,(H2,15,17). The van der Waals surface area contributed by atoms with Gasteiger partial charge in [0, 0.05) is 12.1 Å². The van der Waals surface area contributed by atoms with Gasteiger partial charge in [-0.1, -0.05) is 12.2 Å². The van der Waals surface area contributed by atoms with Crippen LogP contribution in [-0.4, -0.2) is 21.1 Å². The molecule has 4 N–H and O–H groups in total. The minimum absolute atomic E-state index is 0.533. The molecule has 5 heteroatoms. The third-order valence-electron chi connectivity index (χ3n) is 3.34. The molecule has 0 fully saturated rings. The molecule has 0 spiro atoms. The van der Waals surface area contributed by atoms with Gasteiger partial charge in [-0.15, -0.1) is 0 Å². The Morgan fingerprint density at radius 1 is 1.39 bits per heavy atom. The molecule has 2 heterocycles. The van der Waals surface area contributed by atoms with Crippen LogP contribution in [0.3, 0.4) is 0 Å². The molecule has 0 radical (unpaired) electrons. The summed E-state index contributed by atoms with van der Waals surface area (Å²) in [5.41, 5.74) is 15.7. The summed E-state index contributed by atoms with van der Waals surface area (Å²) < 4.78 is 2.13. The van der Waals surface area contributed by atoms with Crippen molar-refractivity contribution in [1.29, 1.82) is 0 Å². The zero-order chi connectivity index (χ0) is 12.5. The number of allylic oxidation sites excluding steroid dienone is 1. The predicted molar refractivity (Wildman–Crippen MR) is 73.0 cm³/mol. The molecule has 1 aliphatic rings. The lowest BCUT2D eigenvalue weighted by atomic mass is 10.0. The van der Waals surface area contributed by atoms with E-state index in [1.807, 2.05) is 6.33 Å². The minimum atomic E-state index is 0.533. The van der Waals surface area contributed by atoms with Gasteiger partial charge in [0.25, 0.3) is 0 Å². The lowest BCUT2D eigenvalue weighted by Crippen LogP contribution is -2.08. The fraction of sp³-hybridized carbons (Fsp3) is 0.385. The number of anilines is 1. The Bertz CT molecular complexity index is 611. The Balaban J connectivity index is 2.22. The molecule has 1 aliphatic carbocycles. The van der Waals surface area contributed by atoms with Crippen LogP contribution in [0.15, 0.2) is 12.4 Å². The molecule has 0 unspecified atom stereocenters. The first kappa shape index (κ1) is 11.2. The third kappa shape index (κ3) is 1.67. The second-order valence-corrected chi connectivity index (χ2v) is 4.58.